The average molecular weight is 303 g/mol. The molecular weight excluding hydrogens is 289 g/mol. The van der Waals surface area contributed by atoms with Crippen molar-refractivity contribution in [3.63, 3.8) is 0 Å². The number of benzene rings is 1. The molecule has 0 heterocycles. The van der Waals surface area contributed by atoms with E-state index < -0.39 is 12.1 Å². The zero-order chi connectivity index (χ0) is 14.8. The second kappa shape index (κ2) is 5.92. The Bertz CT molecular complexity index is 514. The summed E-state index contributed by atoms with van der Waals surface area (Å²) in [6, 6.07) is 6.97. The van der Waals surface area contributed by atoms with E-state index in [9.17, 15) is 13.2 Å². The van der Waals surface area contributed by atoms with Gasteiger partial charge in [0, 0.05) is 11.7 Å². The summed E-state index contributed by atoms with van der Waals surface area (Å²) in [5.74, 6) is -1.18. The second-order valence-electron chi connectivity index (χ2n) is 5.04. The summed E-state index contributed by atoms with van der Waals surface area (Å²) in [6.07, 6.45) is -2.82. The third kappa shape index (κ3) is 3.57. The molecule has 1 aliphatic carbocycles. The Labute approximate surface area is 120 Å². The number of rotatable bonds is 2. The van der Waals surface area contributed by atoms with Crippen LogP contribution >= 0.6 is 11.6 Å². The molecule has 1 aromatic rings. The molecule has 0 saturated heterocycles. The lowest BCUT2D eigenvalue weighted by atomic mass is 9.85. The number of nitriles is 1. The first-order valence-electron chi connectivity index (χ1n) is 6.43. The van der Waals surface area contributed by atoms with Crippen LogP contribution in [0.3, 0.4) is 0 Å². The van der Waals surface area contributed by atoms with E-state index >= 15 is 0 Å². The largest absolute Gasteiger partial charge is 0.391 e. The van der Waals surface area contributed by atoms with Gasteiger partial charge < -0.3 is 5.32 Å². The Morgan fingerprint density at radius 2 is 1.85 bits per heavy atom. The SMILES string of the molecule is N#Cc1cc(NC2CCC(C(F)(F)F)CC2)ccc1Cl. The van der Waals surface area contributed by atoms with Crippen LogP contribution in [0.15, 0.2) is 18.2 Å². The highest BCUT2D eigenvalue weighted by molar-refractivity contribution is 6.31. The van der Waals surface area contributed by atoms with Crippen molar-refractivity contribution >= 4 is 17.3 Å². The van der Waals surface area contributed by atoms with Gasteiger partial charge in [-0.2, -0.15) is 18.4 Å². The maximum atomic E-state index is 12.6. The average Bonchev–Trinajstić information content (AvgIpc) is 2.40. The van der Waals surface area contributed by atoms with Gasteiger partial charge in [0.1, 0.15) is 6.07 Å². The van der Waals surface area contributed by atoms with Crippen LogP contribution in [0.25, 0.3) is 0 Å². The first kappa shape index (κ1) is 15.0. The highest BCUT2D eigenvalue weighted by atomic mass is 35.5. The number of hydrogen-bond donors (Lipinski definition) is 1. The van der Waals surface area contributed by atoms with E-state index in [0.717, 1.165) is 5.69 Å². The molecule has 0 radical (unpaired) electrons. The maximum absolute atomic E-state index is 12.6. The highest BCUT2D eigenvalue weighted by Crippen LogP contribution is 2.38. The van der Waals surface area contributed by atoms with Crippen LogP contribution < -0.4 is 5.32 Å². The van der Waals surface area contributed by atoms with Crippen LogP contribution in [0, 0.1) is 17.2 Å². The summed E-state index contributed by atoms with van der Waals surface area (Å²) in [5, 5.41) is 12.4. The molecule has 1 fully saturated rings. The number of halogens is 4. The highest BCUT2D eigenvalue weighted by Gasteiger charge is 2.41. The molecule has 2 rings (SSSR count). The Balaban J connectivity index is 1.95. The predicted octanol–water partition coefficient (Wildman–Crippen LogP) is 4.74. The Kier molecular flexibility index (Phi) is 4.44. The molecule has 0 aliphatic heterocycles. The minimum atomic E-state index is -4.08. The summed E-state index contributed by atoms with van der Waals surface area (Å²) in [5.41, 5.74) is 1.09. The lowest BCUT2D eigenvalue weighted by molar-refractivity contribution is -0.182. The quantitative estimate of drug-likeness (QED) is 0.856. The van der Waals surface area contributed by atoms with Gasteiger partial charge in [0.05, 0.1) is 16.5 Å². The zero-order valence-corrected chi connectivity index (χ0v) is 11.4. The first-order valence-corrected chi connectivity index (χ1v) is 6.81. The van der Waals surface area contributed by atoms with Gasteiger partial charge in [-0.15, -0.1) is 0 Å². The van der Waals surface area contributed by atoms with Crippen molar-refractivity contribution < 1.29 is 13.2 Å². The van der Waals surface area contributed by atoms with Crippen LogP contribution in [0.5, 0.6) is 0 Å². The zero-order valence-electron chi connectivity index (χ0n) is 10.7. The molecule has 0 atom stereocenters. The number of alkyl halides is 3. The van der Waals surface area contributed by atoms with Gasteiger partial charge in [-0.3, -0.25) is 0 Å². The van der Waals surface area contributed by atoms with Crippen molar-refractivity contribution in [1.82, 2.24) is 0 Å². The molecule has 1 N–H and O–H groups in total. The fraction of sp³-hybridized carbons (Fsp3) is 0.500. The Hall–Kier alpha value is -1.41. The van der Waals surface area contributed by atoms with E-state index in [1.807, 2.05) is 6.07 Å². The summed E-state index contributed by atoms with van der Waals surface area (Å²) < 4.78 is 37.7. The van der Waals surface area contributed by atoms with Gasteiger partial charge >= 0.3 is 6.18 Å². The van der Waals surface area contributed by atoms with E-state index in [4.69, 9.17) is 16.9 Å². The smallest absolute Gasteiger partial charge is 0.382 e. The van der Waals surface area contributed by atoms with Gasteiger partial charge in [-0.25, -0.2) is 0 Å². The minimum absolute atomic E-state index is 0.0151. The van der Waals surface area contributed by atoms with Gasteiger partial charge in [-0.05, 0) is 43.9 Å². The topological polar surface area (TPSA) is 35.8 Å². The fourth-order valence-corrected chi connectivity index (χ4v) is 2.66. The fourth-order valence-electron chi connectivity index (χ4n) is 2.50. The molecule has 20 heavy (non-hydrogen) atoms. The van der Waals surface area contributed by atoms with Crippen molar-refractivity contribution in [3.8, 4) is 6.07 Å². The summed E-state index contributed by atoms with van der Waals surface area (Å²) >= 11 is 5.83. The number of nitrogens with zero attached hydrogens (tertiary/aromatic N) is 1. The van der Waals surface area contributed by atoms with Gasteiger partial charge in [0.2, 0.25) is 0 Å². The van der Waals surface area contributed by atoms with Crippen molar-refractivity contribution in [2.45, 2.75) is 37.9 Å². The molecule has 0 unspecified atom stereocenters. The van der Waals surface area contributed by atoms with E-state index in [1.165, 1.54) is 0 Å². The van der Waals surface area contributed by atoms with E-state index in [0.29, 0.717) is 23.4 Å². The number of hydrogen-bond acceptors (Lipinski definition) is 2. The number of nitrogens with one attached hydrogen (secondary N) is 1. The van der Waals surface area contributed by atoms with Crippen LogP contribution in [-0.2, 0) is 0 Å². The maximum Gasteiger partial charge on any atom is 0.391 e. The summed E-state index contributed by atoms with van der Waals surface area (Å²) in [4.78, 5) is 0. The molecular formula is C14H14ClF3N2. The molecule has 0 aromatic heterocycles. The minimum Gasteiger partial charge on any atom is -0.382 e. The Morgan fingerprint density at radius 1 is 1.20 bits per heavy atom. The monoisotopic (exact) mass is 302 g/mol. The first-order chi connectivity index (χ1) is 9.40. The van der Waals surface area contributed by atoms with E-state index in [1.54, 1.807) is 18.2 Å². The summed E-state index contributed by atoms with van der Waals surface area (Å²) in [7, 11) is 0. The van der Waals surface area contributed by atoms with Crippen molar-refractivity contribution in [2.24, 2.45) is 5.92 Å². The van der Waals surface area contributed by atoms with Gasteiger partial charge in [0.25, 0.3) is 0 Å². The van der Waals surface area contributed by atoms with Crippen LogP contribution in [0.1, 0.15) is 31.2 Å². The van der Waals surface area contributed by atoms with E-state index in [-0.39, 0.29) is 18.9 Å². The normalized spacial score (nSPS) is 23.1. The molecule has 108 valence electrons. The lowest BCUT2D eigenvalue weighted by Gasteiger charge is -2.30. The Morgan fingerprint density at radius 3 is 2.40 bits per heavy atom. The van der Waals surface area contributed by atoms with Crippen molar-refractivity contribution in [1.29, 1.82) is 5.26 Å². The number of anilines is 1. The van der Waals surface area contributed by atoms with Crippen molar-refractivity contribution in [3.05, 3.63) is 28.8 Å². The summed E-state index contributed by atoms with van der Waals surface area (Å²) in [6.45, 7) is 0. The lowest BCUT2D eigenvalue weighted by Crippen LogP contribution is -2.32. The van der Waals surface area contributed by atoms with Crippen LogP contribution in [0.4, 0.5) is 18.9 Å². The molecule has 2 nitrogen and oxygen atoms in total. The van der Waals surface area contributed by atoms with Crippen LogP contribution in [0.2, 0.25) is 5.02 Å². The third-order valence-corrected chi connectivity index (χ3v) is 3.98. The van der Waals surface area contributed by atoms with Crippen LogP contribution in [-0.4, -0.2) is 12.2 Å². The van der Waals surface area contributed by atoms with Gasteiger partial charge in [0.15, 0.2) is 0 Å². The standard InChI is InChI=1S/C14H14ClF3N2/c15-13-6-5-12(7-9(13)8-19)20-11-3-1-10(2-4-11)14(16,17)18/h5-7,10-11,20H,1-4H2. The second-order valence-corrected chi connectivity index (χ2v) is 5.45. The van der Waals surface area contributed by atoms with E-state index in [2.05, 4.69) is 5.32 Å². The molecule has 1 aliphatic rings. The molecule has 0 bridgehead atoms. The molecule has 1 aromatic carbocycles. The third-order valence-electron chi connectivity index (χ3n) is 3.65. The predicted molar refractivity (Wildman–Crippen MR) is 71.6 cm³/mol. The molecule has 1 saturated carbocycles. The van der Waals surface area contributed by atoms with Gasteiger partial charge in [-0.1, -0.05) is 11.6 Å². The molecule has 6 heteroatoms. The molecule has 0 amide bonds. The van der Waals surface area contributed by atoms with Crippen molar-refractivity contribution in [2.75, 3.05) is 5.32 Å². The molecule has 0 spiro atoms.